The van der Waals surface area contributed by atoms with Gasteiger partial charge in [-0.15, -0.1) is 0 Å². The van der Waals surface area contributed by atoms with Crippen molar-refractivity contribution >= 4 is 16.0 Å². The van der Waals surface area contributed by atoms with Crippen LogP contribution >= 0.6 is 0 Å². The minimum Gasteiger partial charge on any atom is -0.476 e. The van der Waals surface area contributed by atoms with Crippen molar-refractivity contribution in [2.75, 3.05) is 0 Å². The van der Waals surface area contributed by atoms with Crippen LogP contribution < -0.4 is 4.72 Å². The number of carboxylic acids is 1. The van der Waals surface area contributed by atoms with Gasteiger partial charge in [-0.05, 0) is 26.0 Å². The van der Waals surface area contributed by atoms with Gasteiger partial charge in [0, 0.05) is 0 Å². The maximum absolute atomic E-state index is 12.3. The summed E-state index contributed by atoms with van der Waals surface area (Å²) < 4.78 is 32.0. The van der Waals surface area contributed by atoms with Crippen LogP contribution in [0.1, 0.15) is 34.9 Å². The number of nitrogens with zero attached hydrogens (tertiary/aromatic N) is 1. The molecule has 0 aliphatic heterocycles. The fraction of sp³-hybridized carbons (Fsp3) is 0.273. The Morgan fingerprint density at radius 1 is 1.55 bits per heavy atom. The smallest absolute Gasteiger partial charge is 0.357 e. The lowest BCUT2D eigenvalue weighted by Gasteiger charge is -2.12. The lowest BCUT2D eigenvalue weighted by molar-refractivity contribution is 0.0686. The largest absolute Gasteiger partial charge is 0.476 e. The molecule has 108 valence electrons. The number of hydrogen-bond donors (Lipinski definition) is 3. The Labute approximate surface area is 114 Å². The van der Waals surface area contributed by atoms with Gasteiger partial charge in [-0.25, -0.2) is 17.9 Å². The topological polar surface area (TPSA) is 125 Å². The fourth-order valence-electron chi connectivity index (χ4n) is 1.78. The lowest BCUT2D eigenvalue weighted by Crippen LogP contribution is -2.28. The molecule has 2 aromatic rings. The first kappa shape index (κ1) is 14.3. The molecule has 2 rings (SSSR count). The highest BCUT2D eigenvalue weighted by Crippen LogP contribution is 2.21. The molecule has 20 heavy (non-hydrogen) atoms. The van der Waals surface area contributed by atoms with Gasteiger partial charge in [0.15, 0.2) is 5.69 Å². The van der Waals surface area contributed by atoms with E-state index < -0.39 is 27.7 Å². The van der Waals surface area contributed by atoms with Gasteiger partial charge in [0.2, 0.25) is 10.0 Å². The molecule has 3 N–H and O–H groups in total. The Kier molecular flexibility index (Phi) is 3.64. The van der Waals surface area contributed by atoms with Gasteiger partial charge >= 0.3 is 5.97 Å². The van der Waals surface area contributed by atoms with Crippen LogP contribution in [0.2, 0.25) is 0 Å². The molecule has 0 aliphatic carbocycles. The zero-order valence-electron chi connectivity index (χ0n) is 10.7. The Balaban J connectivity index is 2.36. The van der Waals surface area contributed by atoms with Crippen LogP contribution in [0.5, 0.6) is 0 Å². The number of nitrogens with one attached hydrogen (secondary N) is 2. The standard InChI is InChI=1S/C11H13N3O5S/c1-6(8-4-3-5-19-8)14-20(17,18)10-7(2)12-13-9(10)11(15)16/h3-6,14H,1-2H3,(H,12,13)(H,15,16)/t6-/m1/s1. The van der Waals surface area contributed by atoms with E-state index in [-0.39, 0.29) is 10.6 Å². The SMILES string of the molecule is Cc1[nH]nc(C(=O)O)c1S(=O)(=O)N[C@H](C)c1ccco1. The second-order valence-corrected chi connectivity index (χ2v) is 5.84. The van der Waals surface area contributed by atoms with Crippen LogP contribution in [-0.2, 0) is 10.0 Å². The molecule has 0 spiro atoms. The molecule has 0 amide bonds. The summed E-state index contributed by atoms with van der Waals surface area (Å²) in [6.45, 7) is 3.03. The minimum atomic E-state index is -4.03. The van der Waals surface area contributed by atoms with Crippen molar-refractivity contribution in [2.45, 2.75) is 24.8 Å². The zero-order valence-corrected chi connectivity index (χ0v) is 11.6. The number of rotatable bonds is 5. The van der Waals surface area contributed by atoms with E-state index in [1.807, 2.05) is 0 Å². The minimum absolute atomic E-state index is 0.154. The third kappa shape index (κ3) is 2.58. The quantitative estimate of drug-likeness (QED) is 0.757. The van der Waals surface area contributed by atoms with Crippen LogP contribution in [0.25, 0.3) is 0 Å². The number of hydrogen-bond acceptors (Lipinski definition) is 5. The molecule has 0 saturated carbocycles. The van der Waals surface area contributed by atoms with Crippen LogP contribution in [-0.4, -0.2) is 29.7 Å². The first-order chi connectivity index (χ1) is 9.33. The molecule has 9 heteroatoms. The molecule has 1 atom stereocenters. The molecule has 0 aliphatic rings. The van der Waals surface area contributed by atoms with Gasteiger partial charge in [0.05, 0.1) is 18.0 Å². The normalized spacial score (nSPS) is 13.3. The summed E-state index contributed by atoms with van der Waals surface area (Å²) in [6, 6.07) is 2.62. The van der Waals surface area contributed by atoms with Gasteiger partial charge in [-0.1, -0.05) is 0 Å². The maximum Gasteiger partial charge on any atom is 0.357 e. The number of aromatic carboxylic acids is 1. The van der Waals surface area contributed by atoms with Crippen molar-refractivity contribution in [1.29, 1.82) is 0 Å². The average Bonchev–Trinajstić information content (AvgIpc) is 2.96. The van der Waals surface area contributed by atoms with Crippen molar-refractivity contribution in [2.24, 2.45) is 0 Å². The summed E-state index contributed by atoms with van der Waals surface area (Å²) >= 11 is 0. The van der Waals surface area contributed by atoms with E-state index in [2.05, 4.69) is 14.9 Å². The first-order valence-corrected chi connectivity index (χ1v) is 7.15. The van der Waals surface area contributed by atoms with Crippen molar-refractivity contribution in [1.82, 2.24) is 14.9 Å². The maximum atomic E-state index is 12.3. The van der Waals surface area contributed by atoms with E-state index in [9.17, 15) is 13.2 Å². The van der Waals surface area contributed by atoms with Crippen LogP contribution in [0.15, 0.2) is 27.7 Å². The molecule has 0 unspecified atom stereocenters. The fourth-order valence-corrected chi connectivity index (χ4v) is 3.32. The molecule has 0 fully saturated rings. The van der Waals surface area contributed by atoms with Crippen molar-refractivity contribution in [3.05, 3.63) is 35.5 Å². The van der Waals surface area contributed by atoms with E-state index in [0.29, 0.717) is 5.76 Å². The third-order valence-electron chi connectivity index (χ3n) is 2.66. The number of aryl methyl sites for hydroxylation is 1. The number of carbonyl (C=O) groups is 1. The van der Waals surface area contributed by atoms with Crippen LogP contribution in [0.3, 0.4) is 0 Å². The summed E-state index contributed by atoms with van der Waals surface area (Å²) in [5.74, 6) is -0.994. The summed E-state index contributed by atoms with van der Waals surface area (Å²) in [6.07, 6.45) is 1.42. The van der Waals surface area contributed by atoms with E-state index >= 15 is 0 Å². The second kappa shape index (κ2) is 5.10. The molecule has 8 nitrogen and oxygen atoms in total. The van der Waals surface area contributed by atoms with Crippen molar-refractivity contribution < 1.29 is 22.7 Å². The van der Waals surface area contributed by atoms with Gasteiger partial charge in [0.25, 0.3) is 0 Å². The predicted octanol–water partition coefficient (Wildman–Crippen LogP) is 1.05. The van der Waals surface area contributed by atoms with Gasteiger partial charge in [-0.2, -0.15) is 5.10 Å². The summed E-state index contributed by atoms with van der Waals surface area (Å²) in [7, 11) is -4.03. The Morgan fingerprint density at radius 3 is 2.80 bits per heavy atom. The number of sulfonamides is 1. The summed E-state index contributed by atoms with van der Waals surface area (Å²) in [4.78, 5) is 10.6. The first-order valence-electron chi connectivity index (χ1n) is 5.67. The molecule has 0 radical (unpaired) electrons. The zero-order chi connectivity index (χ0) is 14.9. The number of H-pyrrole nitrogens is 1. The molecule has 2 heterocycles. The Bertz CT molecular complexity index is 717. The monoisotopic (exact) mass is 299 g/mol. The highest BCUT2D eigenvalue weighted by molar-refractivity contribution is 7.89. The predicted molar refractivity (Wildman–Crippen MR) is 67.7 cm³/mol. The summed E-state index contributed by atoms with van der Waals surface area (Å²) in [5.41, 5.74) is -0.386. The Morgan fingerprint density at radius 2 is 2.25 bits per heavy atom. The number of furan rings is 1. The average molecular weight is 299 g/mol. The number of aromatic amines is 1. The van der Waals surface area contributed by atoms with E-state index in [0.717, 1.165) is 0 Å². The molecular weight excluding hydrogens is 286 g/mol. The van der Waals surface area contributed by atoms with Crippen LogP contribution in [0.4, 0.5) is 0 Å². The van der Waals surface area contributed by atoms with Crippen LogP contribution in [0, 0.1) is 6.92 Å². The number of carboxylic acid groups (broad SMARTS) is 1. The molecule has 2 aromatic heterocycles. The molecule has 0 bridgehead atoms. The van der Waals surface area contributed by atoms with Gasteiger partial charge in [-0.3, -0.25) is 5.10 Å². The molecule has 0 aromatic carbocycles. The second-order valence-electron chi connectivity index (χ2n) is 4.19. The van der Waals surface area contributed by atoms with Crippen molar-refractivity contribution in [3.8, 4) is 0 Å². The Hall–Kier alpha value is -2.13. The van der Waals surface area contributed by atoms with Crippen molar-refractivity contribution in [3.63, 3.8) is 0 Å². The highest BCUT2D eigenvalue weighted by atomic mass is 32.2. The lowest BCUT2D eigenvalue weighted by atomic mass is 10.3. The summed E-state index contributed by atoms with van der Waals surface area (Å²) in [5, 5.41) is 14.8. The molecule has 0 saturated heterocycles. The number of aromatic nitrogens is 2. The van der Waals surface area contributed by atoms with E-state index in [1.54, 1.807) is 19.1 Å². The van der Waals surface area contributed by atoms with Gasteiger partial charge < -0.3 is 9.52 Å². The highest BCUT2D eigenvalue weighted by Gasteiger charge is 2.30. The third-order valence-corrected chi connectivity index (χ3v) is 4.37. The molecular formula is C11H13N3O5S. The van der Waals surface area contributed by atoms with E-state index in [1.165, 1.54) is 13.2 Å². The van der Waals surface area contributed by atoms with E-state index in [4.69, 9.17) is 9.52 Å². The van der Waals surface area contributed by atoms with Gasteiger partial charge in [0.1, 0.15) is 10.7 Å².